The molecule has 0 aliphatic heterocycles. The average Bonchev–Trinajstić information content (AvgIpc) is 2.96. The molecule has 0 bridgehead atoms. The predicted octanol–water partition coefficient (Wildman–Crippen LogP) is 3.63. The maximum atomic E-state index is 11.1. The number of oxazole rings is 1. The van der Waals surface area contributed by atoms with Crippen LogP contribution in [-0.2, 0) is 0 Å². The van der Waals surface area contributed by atoms with Gasteiger partial charge in [-0.2, -0.15) is 0 Å². The van der Waals surface area contributed by atoms with E-state index in [0.717, 1.165) is 17.4 Å². The van der Waals surface area contributed by atoms with Crippen LogP contribution in [0.25, 0.3) is 22.6 Å². The Labute approximate surface area is 127 Å². The zero-order valence-electron chi connectivity index (χ0n) is 12.5. The smallest absolute Gasteiger partial charge is 0.231 e. The highest BCUT2D eigenvalue weighted by Gasteiger charge is 2.17. The van der Waals surface area contributed by atoms with Gasteiger partial charge in [0.25, 0.3) is 0 Å². The fourth-order valence-electron chi connectivity index (χ4n) is 2.33. The number of rotatable bonds is 4. The maximum absolute atomic E-state index is 11.1. The third kappa shape index (κ3) is 2.30. The van der Waals surface area contributed by atoms with Crippen LogP contribution in [0.15, 0.2) is 34.7 Å². The lowest BCUT2D eigenvalue weighted by Crippen LogP contribution is -1.95. The number of hydrogen-bond acceptors (Lipinski definition) is 5. The van der Waals surface area contributed by atoms with Gasteiger partial charge >= 0.3 is 0 Å². The molecule has 0 N–H and O–H groups in total. The number of benzene rings is 2. The molecule has 0 fully saturated rings. The van der Waals surface area contributed by atoms with E-state index in [4.69, 9.17) is 13.9 Å². The van der Waals surface area contributed by atoms with E-state index in [0.29, 0.717) is 34.1 Å². The molecule has 2 aromatic carbocycles. The van der Waals surface area contributed by atoms with E-state index in [2.05, 4.69) is 4.98 Å². The zero-order chi connectivity index (χ0) is 15.7. The van der Waals surface area contributed by atoms with E-state index in [1.807, 2.05) is 25.1 Å². The van der Waals surface area contributed by atoms with Crippen LogP contribution in [0.1, 0.15) is 15.9 Å². The molecule has 1 aromatic heterocycles. The lowest BCUT2D eigenvalue weighted by molar-refractivity contribution is 0.112. The van der Waals surface area contributed by atoms with Gasteiger partial charge in [0.1, 0.15) is 17.0 Å². The van der Waals surface area contributed by atoms with Crippen molar-refractivity contribution in [2.45, 2.75) is 6.92 Å². The van der Waals surface area contributed by atoms with E-state index in [9.17, 15) is 4.79 Å². The van der Waals surface area contributed by atoms with Crippen LogP contribution < -0.4 is 9.47 Å². The van der Waals surface area contributed by atoms with E-state index in [-0.39, 0.29) is 0 Å². The highest BCUT2D eigenvalue weighted by atomic mass is 16.5. The SMILES string of the molecule is COc1cc(-c2nc3ccc(C)cc3o2)c(OC)cc1C=O. The number of aryl methyl sites for hydroxylation is 1. The summed E-state index contributed by atoms with van der Waals surface area (Å²) in [5.74, 6) is 1.38. The number of aldehydes is 1. The van der Waals surface area contributed by atoms with E-state index < -0.39 is 0 Å². The molecule has 1 heterocycles. The largest absolute Gasteiger partial charge is 0.496 e. The zero-order valence-corrected chi connectivity index (χ0v) is 12.5. The molecule has 0 saturated heterocycles. The van der Waals surface area contributed by atoms with Gasteiger partial charge in [-0.05, 0) is 36.8 Å². The third-order valence-corrected chi connectivity index (χ3v) is 3.45. The van der Waals surface area contributed by atoms with Crippen LogP contribution in [0.5, 0.6) is 11.5 Å². The molecule has 0 atom stereocenters. The molecule has 22 heavy (non-hydrogen) atoms. The summed E-state index contributed by atoms with van der Waals surface area (Å²) in [5, 5.41) is 0. The molecule has 112 valence electrons. The van der Waals surface area contributed by atoms with Crippen LogP contribution in [-0.4, -0.2) is 25.5 Å². The number of fused-ring (bicyclic) bond motifs is 1. The van der Waals surface area contributed by atoms with Crippen molar-refractivity contribution < 1.29 is 18.7 Å². The minimum absolute atomic E-state index is 0.412. The van der Waals surface area contributed by atoms with Crippen molar-refractivity contribution in [2.24, 2.45) is 0 Å². The highest BCUT2D eigenvalue weighted by molar-refractivity contribution is 5.85. The summed E-state index contributed by atoms with van der Waals surface area (Å²) in [6.07, 6.45) is 0.723. The Hall–Kier alpha value is -2.82. The first kappa shape index (κ1) is 14.1. The number of aromatic nitrogens is 1. The first-order valence-electron chi connectivity index (χ1n) is 6.75. The first-order valence-corrected chi connectivity index (χ1v) is 6.75. The Morgan fingerprint density at radius 3 is 2.55 bits per heavy atom. The Morgan fingerprint density at radius 1 is 1.09 bits per heavy atom. The molecule has 0 amide bonds. The molecule has 0 spiro atoms. The molecule has 5 heteroatoms. The Bertz CT molecular complexity index is 851. The Morgan fingerprint density at radius 2 is 1.86 bits per heavy atom. The van der Waals surface area contributed by atoms with Crippen molar-refractivity contribution in [1.29, 1.82) is 0 Å². The van der Waals surface area contributed by atoms with Crippen molar-refractivity contribution in [2.75, 3.05) is 14.2 Å². The summed E-state index contributed by atoms with van der Waals surface area (Å²) >= 11 is 0. The summed E-state index contributed by atoms with van der Waals surface area (Å²) in [6.45, 7) is 1.99. The van der Waals surface area contributed by atoms with Gasteiger partial charge in [0.2, 0.25) is 5.89 Å². The van der Waals surface area contributed by atoms with Gasteiger partial charge in [-0.25, -0.2) is 4.98 Å². The fraction of sp³-hybridized carbons (Fsp3) is 0.176. The quantitative estimate of drug-likeness (QED) is 0.688. The van der Waals surface area contributed by atoms with E-state index in [1.54, 1.807) is 12.1 Å². The summed E-state index contributed by atoms with van der Waals surface area (Å²) in [6, 6.07) is 9.11. The van der Waals surface area contributed by atoms with Gasteiger partial charge in [-0.3, -0.25) is 4.79 Å². The third-order valence-electron chi connectivity index (χ3n) is 3.45. The lowest BCUT2D eigenvalue weighted by atomic mass is 10.1. The van der Waals surface area contributed by atoms with Crippen LogP contribution in [0.4, 0.5) is 0 Å². The Kier molecular flexibility index (Phi) is 3.55. The normalized spacial score (nSPS) is 10.7. The van der Waals surface area contributed by atoms with E-state index in [1.165, 1.54) is 14.2 Å². The number of methoxy groups -OCH3 is 2. The second-order valence-corrected chi connectivity index (χ2v) is 4.90. The Balaban J connectivity index is 2.21. The summed E-state index contributed by atoms with van der Waals surface area (Å²) in [5.41, 5.74) is 3.61. The summed E-state index contributed by atoms with van der Waals surface area (Å²) in [4.78, 5) is 15.6. The standard InChI is InChI=1S/C17H15NO4/c1-10-4-5-13-16(6-10)22-17(18-13)12-8-14(20-2)11(9-19)7-15(12)21-3/h4-9H,1-3H3. The number of hydrogen-bond donors (Lipinski definition) is 0. The molecule has 0 aliphatic rings. The van der Waals surface area contributed by atoms with Gasteiger partial charge < -0.3 is 13.9 Å². The van der Waals surface area contributed by atoms with Gasteiger partial charge in [0.15, 0.2) is 11.9 Å². The molecule has 0 unspecified atom stereocenters. The fourth-order valence-corrected chi connectivity index (χ4v) is 2.33. The van der Waals surface area contributed by atoms with Crippen molar-refractivity contribution in [3.63, 3.8) is 0 Å². The molecule has 5 nitrogen and oxygen atoms in total. The minimum atomic E-state index is 0.412. The van der Waals surface area contributed by atoms with Crippen LogP contribution in [0.3, 0.4) is 0 Å². The van der Waals surface area contributed by atoms with Crippen molar-refractivity contribution in [3.05, 3.63) is 41.5 Å². The molecule has 0 saturated carbocycles. The number of ether oxygens (including phenoxy) is 2. The second kappa shape index (κ2) is 5.52. The summed E-state index contributed by atoms with van der Waals surface area (Å²) < 4.78 is 16.4. The van der Waals surface area contributed by atoms with E-state index >= 15 is 0 Å². The first-order chi connectivity index (χ1) is 10.7. The topological polar surface area (TPSA) is 61.6 Å². The second-order valence-electron chi connectivity index (χ2n) is 4.90. The number of carbonyl (C=O) groups is 1. The van der Waals surface area contributed by atoms with Gasteiger partial charge in [-0.15, -0.1) is 0 Å². The van der Waals surface area contributed by atoms with Crippen molar-refractivity contribution in [1.82, 2.24) is 4.98 Å². The van der Waals surface area contributed by atoms with Gasteiger partial charge in [0.05, 0.1) is 25.3 Å². The summed E-state index contributed by atoms with van der Waals surface area (Å²) in [7, 11) is 3.04. The molecule has 0 aliphatic carbocycles. The lowest BCUT2D eigenvalue weighted by Gasteiger charge is -2.10. The highest BCUT2D eigenvalue weighted by Crippen LogP contribution is 2.36. The molecular formula is C17H15NO4. The maximum Gasteiger partial charge on any atom is 0.231 e. The molecule has 3 aromatic rings. The van der Waals surface area contributed by atoms with Crippen LogP contribution >= 0.6 is 0 Å². The van der Waals surface area contributed by atoms with Crippen molar-refractivity contribution >= 4 is 17.4 Å². The molecule has 3 rings (SSSR count). The molecule has 0 radical (unpaired) electrons. The van der Waals surface area contributed by atoms with Crippen LogP contribution in [0, 0.1) is 6.92 Å². The van der Waals surface area contributed by atoms with Crippen molar-refractivity contribution in [3.8, 4) is 23.0 Å². The minimum Gasteiger partial charge on any atom is -0.496 e. The van der Waals surface area contributed by atoms with Gasteiger partial charge in [0, 0.05) is 0 Å². The predicted molar refractivity (Wildman–Crippen MR) is 82.7 cm³/mol. The monoisotopic (exact) mass is 297 g/mol. The number of carbonyl (C=O) groups excluding carboxylic acids is 1. The average molecular weight is 297 g/mol. The van der Waals surface area contributed by atoms with Crippen LogP contribution in [0.2, 0.25) is 0 Å². The molecular weight excluding hydrogens is 282 g/mol. The number of nitrogens with zero attached hydrogens (tertiary/aromatic N) is 1. The van der Waals surface area contributed by atoms with Gasteiger partial charge in [-0.1, -0.05) is 6.07 Å².